The van der Waals surface area contributed by atoms with Gasteiger partial charge in [-0.25, -0.2) is 4.79 Å². The van der Waals surface area contributed by atoms with Gasteiger partial charge >= 0.3 is 5.97 Å². The molecule has 0 saturated heterocycles. The Labute approximate surface area is 144 Å². The minimum Gasteiger partial charge on any atom is -0.489 e. The van der Waals surface area contributed by atoms with Crippen LogP contribution in [-0.2, 0) is 16.0 Å². The Bertz CT molecular complexity index is 547. The van der Waals surface area contributed by atoms with Crippen LogP contribution in [-0.4, -0.2) is 30.4 Å². The van der Waals surface area contributed by atoms with E-state index in [0.717, 1.165) is 37.0 Å². The Morgan fingerprint density at radius 1 is 1.25 bits per heavy atom. The lowest BCUT2D eigenvalue weighted by atomic mass is 9.82. The van der Waals surface area contributed by atoms with Gasteiger partial charge < -0.3 is 14.6 Å². The Hall–Kier alpha value is -1.81. The Kier molecular flexibility index (Phi) is 7.32. The first-order valence-electron chi connectivity index (χ1n) is 8.82. The summed E-state index contributed by atoms with van der Waals surface area (Å²) in [7, 11) is 0. The second-order valence-corrected chi connectivity index (χ2v) is 6.49. The Morgan fingerprint density at radius 2 is 1.96 bits per heavy atom. The lowest BCUT2D eigenvalue weighted by molar-refractivity contribution is -0.137. The van der Waals surface area contributed by atoms with Crippen LogP contribution in [0.3, 0.4) is 0 Å². The lowest BCUT2D eigenvalue weighted by Gasteiger charge is -2.27. The van der Waals surface area contributed by atoms with Gasteiger partial charge in [0.05, 0.1) is 12.7 Å². The van der Waals surface area contributed by atoms with Gasteiger partial charge in [-0.15, -0.1) is 0 Å². The minimum atomic E-state index is -0.333. The summed E-state index contributed by atoms with van der Waals surface area (Å²) in [6.45, 7) is 4.36. The first kappa shape index (κ1) is 18.5. The molecule has 132 valence electrons. The van der Waals surface area contributed by atoms with Gasteiger partial charge in [0, 0.05) is 6.08 Å². The molecule has 2 atom stereocenters. The van der Waals surface area contributed by atoms with Crippen molar-refractivity contribution in [2.45, 2.75) is 52.1 Å². The fourth-order valence-corrected chi connectivity index (χ4v) is 3.07. The van der Waals surface area contributed by atoms with Crippen LogP contribution >= 0.6 is 0 Å². The summed E-state index contributed by atoms with van der Waals surface area (Å²) in [6, 6.07) is 8.01. The van der Waals surface area contributed by atoms with Crippen molar-refractivity contribution in [1.82, 2.24) is 0 Å². The largest absolute Gasteiger partial charge is 0.489 e. The summed E-state index contributed by atoms with van der Waals surface area (Å²) in [5.74, 6) is 0.819. The van der Waals surface area contributed by atoms with Crippen molar-refractivity contribution in [1.29, 1.82) is 0 Å². The smallest absolute Gasteiger partial charge is 0.330 e. The van der Waals surface area contributed by atoms with Crippen molar-refractivity contribution >= 4 is 5.97 Å². The highest BCUT2D eigenvalue weighted by Gasteiger charge is 2.22. The van der Waals surface area contributed by atoms with Crippen LogP contribution in [0.1, 0.15) is 45.1 Å². The minimum absolute atomic E-state index is 0.162. The van der Waals surface area contributed by atoms with E-state index < -0.39 is 0 Å². The van der Waals surface area contributed by atoms with E-state index in [1.807, 2.05) is 19.1 Å². The molecule has 1 aliphatic carbocycles. The SMILES string of the molecule is CCOC(=O)/C=C(/C)COc1ccc(C[C@H]2CCCC[C@@H]2O)cc1. The fraction of sp³-hybridized carbons (Fsp3) is 0.550. The number of carbonyl (C=O) groups is 1. The standard InChI is InChI=1S/C20H28O4/c1-3-23-20(22)12-15(2)14-24-18-10-8-16(9-11-18)13-17-6-4-5-7-19(17)21/h8-12,17,19,21H,3-7,13-14H2,1-2H3/b15-12-/t17-,19+/m1/s1. The third kappa shape index (κ3) is 6.00. The molecule has 0 radical (unpaired) electrons. The molecule has 4 nitrogen and oxygen atoms in total. The van der Waals surface area contributed by atoms with E-state index in [9.17, 15) is 9.90 Å². The highest BCUT2D eigenvalue weighted by atomic mass is 16.5. The van der Waals surface area contributed by atoms with Crippen molar-refractivity contribution in [2.75, 3.05) is 13.2 Å². The van der Waals surface area contributed by atoms with Crippen LogP contribution in [0.4, 0.5) is 0 Å². The van der Waals surface area contributed by atoms with Gasteiger partial charge in [-0.1, -0.05) is 25.0 Å². The van der Waals surface area contributed by atoms with Gasteiger partial charge in [0.1, 0.15) is 12.4 Å². The molecule has 24 heavy (non-hydrogen) atoms. The predicted octanol–water partition coefficient (Wildman–Crippen LogP) is 3.67. The molecule has 0 spiro atoms. The maximum absolute atomic E-state index is 11.4. The average Bonchev–Trinajstić information content (AvgIpc) is 2.56. The summed E-state index contributed by atoms with van der Waals surface area (Å²) in [5.41, 5.74) is 2.05. The van der Waals surface area contributed by atoms with Gasteiger partial charge in [-0.05, 0) is 62.3 Å². The second kappa shape index (κ2) is 9.48. The number of hydrogen-bond donors (Lipinski definition) is 1. The molecule has 0 unspecified atom stereocenters. The number of rotatable bonds is 7. The van der Waals surface area contributed by atoms with E-state index in [1.54, 1.807) is 6.92 Å². The van der Waals surface area contributed by atoms with Gasteiger partial charge in [0.25, 0.3) is 0 Å². The van der Waals surface area contributed by atoms with Crippen LogP contribution < -0.4 is 4.74 Å². The fourth-order valence-electron chi connectivity index (χ4n) is 3.07. The van der Waals surface area contributed by atoms with Crippen LogP contribution in [0.25, 0.3) is 0 Å². The summed E-state index contributed by atoms with van der Waals surface area (Å²) in [5, 5.41) is 10.1. The zero-order valence-electron chi connectivity index (χ0n) is 14.7. The number of hydrogen-bond acceptors (Lipinski definition) is 4. The average molecular weight is 332 g/mol. The monoisotopic (exact) mass is 332 g/mol. The van der Waals surface area contributed by atoms with E-state index in [-0.39, 0.29) is 12.1 Å². The van der Waals surface area contributed by atoms with E-state index in [2.05, 4.69) is 12.1 Å². The number of ether oxygens (including phenoxy) is 2. The van der Waals surface area contributed by atoms with E-state index in [4.69, 9.17) is 9.47 Å². The van der Waals surface area contributed by atoms with E-state index >= 15 is 0 Å². The van der Waals surface area contributed by atoms with Crippen molar-refractivity contribution in [3.8, 4) is 5.75 Å². The molecule has 0 amide bonds. The third-order valence-electron chi connectivity index (χ3n) is 4.41. The van der Waals surface area contributed by atoms with Crippen LogP contribution in [0.5, 0.6) is 5.75 Å². The van der Waals surface area contributed by atoms with E-state index in [1.165, 1.54) is 18.1 Å². The first-order chi connectivity index (χ1) is 11.6. The molecule has 1 saturated carbocycles. The van der Waals surface area contributed by atoms with Crippen LogP contribution in [0.15, 0.2) is 35.9 Å². The molecule has 1 aliphatic rings. The molecular formula is C20H28O4. The predicted molar refractivity (Wildman–Crippen MR) is 94.0 cm³/mol. The highest BCUT2D eigenvalue weighted by molar-refractivity contribution is 5.82. The third-order valence-corrected chi connectivity index (χ3v) is 4.41. The molecule has 1 aromatic rings. The van der Waals surface area contributed by atoms with Crippen LogP contribution in [0, 0.1) is 5.92 Å². The second-order valence-electron chi connectivity index (χ2n) is 6.49. The Balaban J connectivity index is 1.82. The summed E-state index contributed by atoms with van der Waals surface area (Å²) < 4.78 is 10.6. The first-order valence-corrected chi connectivity index (χ1v) is 8.82. The topological polar surface area (TPSA) is 55.8 Å². The van der Waals surface area contributed by atoms with Gasteiger partial charge in [-0.2, -0.15) is 0 Å². The van der Waals surface area contributed by atoms with Crippen molar-refractivity contribution in [3.05, 3.63) is 41.5 Å². The number of esters is 1. The molecule has 1 aromatic carbocycles. The molecule has 0 heterocycles. The normalized spacial score (nSPS) is 21.4. The highest BCUT2D eigenvalue weighted by Crippen LogP contribution is 2.28. The maximum Gasteiger partial charge on any atom is 0.330 e. The zero-order chi connectivity index (χ0) is 17.4. The lowest BCUT2D eigenvalue weighted by Crippen LogP contribution is -2.26. The molecule has 0 aromatic heterocycles. The molecule has 4 heteroatoms. The van der Waals surface area contributed by atoms with Crippen molar-refractivity contribution in [3.63, 3.8) is 0 Å². The van der Waals surface area contributed by atoms with Gasteiger partial charge in [0.15, 0.2) is 0 Å². The maximum atomic E-state index is 11.4. The van der Waals surface area contributed by atoms with Crippen molar-refractivity contribution in [2.24, 2.45) is 5.92 Å². The summed E-state index contributed by atoms with van der Waals surface area (Å²) >= 11 is 0. The van der Waals surface area contributed by atoms with Gasteiger partial charge in [-0.3, -0.25) is 0 Å². The number of aliphatic hydroxyl groups excluding tert-OH is 1. The van der Waals surface area contributed by atoms with Gasteiger partial charge in [0.2, 0.25) is 0 Å². The molecule has 0 aliphatic heterocycles. The van der Waals surface area contributed by atoms with Crippen molar-refractivity contribution < 1.29 is 19.4 Å². The van der Waals surface area contributed by atoms with E-state index in [0.29, 0.717) is 19.1 Å². The molecule has 1 fully saturated rings. The molecular weight excluding hydrogens is 304 g/mol. The number of carbonyl (C=O) groups excluding carboxylic acids is 1. The van der Waals surface area contributed by atoms with Crippen LogP contribution in [0.2, 0.25) is 0 Å². The quantitative estimate of drug-likeness (QED) is 0.611. The molecule has 2 rings (SSSR count). The number of benzene rings is 1. The zero-order valence-corrected chi connectivity index (χ0v) is 14.7. The summed E-state index contributed by atoms with van der Waals surface area (Å²) in [4.78, 5) is 11.4. The molecule has 0 bridgehead atoms. The number of aliphatic hydroxyl groups is 1. The molecule has 1 N–H and O–H groups in total. The Morgan fingerprint density at radius 3 is 2.62 bits per heavy atom. The summed E-state index contributed by atoms with van der Waals surface area (Å²) in [6.07, 6.45) is 6.61.